The van der Waals surface area contributed by atoms with Crippen LogP contribution >= 0.6 is 0 Å². The van der Waals surface area contributed by atoms with Crippen LogP contribution < -0.4 is 5.32 Å². The van der Waals surface area contributed by atoms with E-state index in [9.17, 15) is 4.79 Å². The lowest BCUT2D eigenvalue weighted by molar-refractivity contribution is -0.130. The second-order valence-corrected chi connectivity index (χ2v) is 4.38. The molecule has 0 aliphatic carbocycles. The number of benzene rings is 1. The van der Waals surface area contributed by atoms with Gasteiger partial charge in [0.25, 0.3) is 0 Å². The third-order valence-electron chi connectivity index (χ3n) is 2.91. The molecule has 94 valence electrons. The van der Waals surface area contributed by atoms with Gasteiger partial charge >= 0.3 is 0 Å². The molecule has 1 aromatic carbocycles. The maximum absolute atomic E-state index is 11.8. The molecular weight excluding hydrogens is 212 g/mol. The maximum Gasteiger partial charge on any atom is 0.222 e. The molecule has 0 radical (unpaired) electrons. The normalized spacial score (nSPS) is 10.3. The van der Waals surface area contributed by atoms with E-state index in [0.29, 0.717) is 13.0 Å². The summed E-state index contributed by atoms with van der Waals surface area (Å²) in [5, 5.41) is 3.05. The number of aryl methyl sites for hydroxylation is 1. The lowest BCUT2D eigenvalue weighted by Crippen LogP contribution is -2.27. The number of carbonyl (C=O) groups is 1. The summed E-state index contributed by atoms with van der Waals surface area (Å²) < 4.78 is 0. The number of nitrogens with zero attached hydrogens (tertiary/aromatic N) is 1. The van der Waals surface area contributed by atoms with Crippen LogP contribution in [0.3, 0.4) is 0 Å². The standard InChI is InChI=1S/C14H22N2O/c1-12-7-4-5-8-13(12)11-16(3)14(17)9-6-10-15-2/h4-5,7-8,15H,6,9-11H2,1-3H3. The Morgan fingerprint density at radius 1 is 1.35 bits per heavy atom. The van der Waals surface area contributed by atoms with Crippen LogP contribution in [0.15, 0.2) is 24.3 Å². The third-order valence-corrected chi connectivity index (χ3v) is 2.91. The van der Waals surface area contributed by atoms with E-state index in [1.807, 2.05) is 26.2 Å². The number of rotatable bonds is 6. The van der Waals surface area contributed by atoms with Crippen LogP contribution in [0.1, 0.15) is 24.0 Å². The fourth-order valence-electron chi connectivity index (χ4n) is 1.74. The Morgan fingerprint density at radius 3 is 2.71 bits per heavy atom. The first-order valence-electron chi connectivity index (χ1n) is 6.08. The molecule has 0 atom stereocenters. The van der Waals surface area contributed by atoms with Crippen LogP contribution in [0.4, 0.5) is 0 Å². The van der Waals surface area contributed by atoms with Gasteiger partial charge in [0.2, 0.25) is 5.91 Å². The molecule has 1 N–H and O–H groups in total. The molecule has 0 saturated heterocycles. The van der Waals surface area contributed by atoms with Gasteiger partial charge in [-0.25, -0.2) is 0 Å². The minimum atomic E-state index is 0.212. The highest BCUT2D eigenvalue weighted by Crippen LogP contribution is 2.10. The molecule has 0 saturated carbocycles. The van der Waals surface area contributed by atoms with Gasteiger partial charge < -0.3 is 10.2 Å². The van der Waals surface area contributed by atoms with Crippen LogP contribution in [-0.2, 0) is 11.3 Å². The van der Waals surface area contributed by atoms with E-state index in [1.165, 1.54) is 11.1 Å². The smallest absolute Gasteiger partial charge is 0.222 e. The zero-order valence-electron chi connectivity index (χ0n) is 11.0. The van der Waals surface area contributed by atoms with Gasteiger partial charge in [-0.05, 0) is 38.1 Å². The first-order chi connectivity index (χ1) is 8.15. The van der Waals surface area contributed by atoms with Gasteiger partial charge in [-0.3, -0.25) is 4.79 Å². The zero-order valence-corrected chi connectivity index (χ0v) is 11.0. The molecule has 0 unspecified atom stereocenters. The Kier molecular flexibility index (Phi) is 5.70. The van der Waals surface area contributed by atoms with E-state index in [1.54, 1.807) is 4.90 Å². The lowest BCUT2D eigenvalue weighted by atomic mass is 10.1. The Labute approximate surface area is 104 Å². The topological polar surface area (TPSA) is 32.3 Å². The quantitative estimate of drug-likeness (QED) is 0.763. The average molecular weight is 234 g/mol. The second-order valence-electron chi connectivity index (χ2n) is 4.38. The predicted octanol–water partition coefficient (Wildman–Crippen LogP) is 1.95. The molecule has 0 heterocycles. The predicted molar refractivity (Wildman–Crippen MR) is 70.8 cm³/mol. The van der Waals surface area contributed by atoms with Crippen LogP contribution in [0.5, 0.6) is 0 Å². The molecule has 1 amide bonds. The van der Waals surface area contributed by atoms with E-state index in [4.69, 9.17) is 0 Å². The van der Waals surface area contributed by atoms with Crippen molar-refractivity contribution in [2.45, 2.75) is 26.3 Å². The molecule has 3 nitrogen and oxygen atoms in total. The van der Waals surface area contributed by atoms with Crippen LogP contribution in [0.25, 0.3) is 0 Å². The molecule has 0 bridgehead atoms. The van der Waals surface area contributed by atoms with Gasteiger partial charge in [-0.2, -0.15) is 0 Å². The Hall–Kier alpha value is -1.35. The number of carbonyl (C=O) groups excluding carboxylic acids is 1. The highest BCUT2D eigenvalue weighted by atomic mass is 16.2. The Bertz CT molecular complexity index is 363. The van der Waals surface area contributed by atoms with Gasteiger partial charge in [-0.15, -0.1) is 0 Å². The summed E-state index contributed by atoms with van der Waals surface area (Å²) in [4.78, 5) is 13.6. The van der Waals surface area contributed by atoms with E-state index < -0.39 is 0 Å². The molecule has 0 spiro atoms. The van der Waals surface area contributed by atoms with Gasteiger partial charge in [0, 0.05) is 20.0 Å². The van der Waals surface area contributed by atoms with Crippen molar-refractivity contribution < 1.29 is 4.79 Å². The summed E-state index contributed by atoms with van der Waals surface area (Å²) >= 11 is 0. The van der Waals surface area contributed by atoms with Crippen LogP contribution in [0, 0.1) is 6.92 Å². The highest BCUT2D eigenvalue weighted by Gasteiger charge is 2.09. The van der Waals surface area contributed by atoms with E-state index >= 15 is 0 Å². The number of nitrogens with one attached hydrogen (secondary N) is 1. The zero-order chi connectivity index (χ0) is 12.7. The first-order valence-corrected chi connectivity index (χ1v) is 6.08. The molecule has 0 fully saturated rings. The van der Waals surface area contributed by atoms with Crippen LogP contribution in [-0.4, -0.2) is 31.4 Å². The molecule has 1 rings (SSSR count). The molecule has 0 aliphatic heterocycles. The molecule has 0 aliphatic rings. The average Bonchev–Trinajstić information content (AvgIpc) is 2.32. The van der Waals surface area contributed by atoms with Crippen molar-refractivity contribution in [3.05, 3.63) is 35.4 Å². The summed E-state index contributed by atoms with van der Waals surface area (Å²) in [6.45, 7) is 3.67. The van der Waals surface area contributed by atoms with Crippen molar-refractivity contribution in [3.8, 4) is 0 Å². The SMILES string of the molecule is CNCCCC(=O)N(C)Cc1ccccc1C. The number of amides is 1. The summed E-state index contributed by atoms with van der Waals surface area (Å²) in [6.07, 6.45) is 1.51. The fourth-order valence-corrected chi connectivity index (χ4v) is 1.74. The minimum absolute atomic E-state index is 0.212. The minimum Gasteiger partial charge on any atom is -0.341 e. The van der Waals surface area contributed by atoms with E-state index in [2.05, 4.69) is 24.4 Å². The number of hydrogen-bond donors (Lipinski definition) is 1. The molecular formula is C14H22N2O. The molecule has 3 heteroatoms. The van der Waals surface area contributed by atoms with Gasteiger partial charge in [0.15, 0.2) is 0 Å². The maximum atomic E-state index is 11.8. The molecule has 17 heavy (non-hydrogen) atoms. The van der Waals surface area contributed by atoms with Gasteiger partial charge in [0.05, 0.1) is 0 Å². The van der Waals surface area contributed by atoms with E-state index in [0.717, 1.165) is 13.0 Å². The van der Waals surface area contributed by atoms with Crippen molar-refractivity contribution in [1.29, 1.82) is 0 Å². The Morgan fingerprint density at radius 2 is 2.06 bits per heavy atom. The third kappa shape index (κ3) is 4.57. The fraction of sp³-hybridized carbons (Fsp3) is 0.500. The van der Waals surface area contributed by atoms with Gasteiger partial charge in [-0.1, -0.05) is 24.3 Å². The van der Waals surface area contributed by atoms with E-state index in [-0.39, 0.29) is 5.91 Å². The number of hydrogen-bond acceptors (Lipinski definition) is 2. The van der Waals surface area contributed by atoms with Crippen molar-refractivity contribution in [2.75, 3.05) is 20.6 Å². The summed E-state index contributed by atoms with van der Waals surface area (Å²) in [7, 11) is 3.77. The van der Waals surface area contributed by atoms with Crippen molar-refractivity contribution in [1.82, 2.24) is 10.2 Å². The van der Waals surface area contributed by atoms with Crippen molar-refractivity contribution >= 4 is 5.91 Å². The monoisotopic (exact) mass is 234 g/mol. The first kappa shape index (κ1) is 13.7. The second kappa shape index (κ2) is 7.07. The molecule has 0 aromatic heterocycles. The molecule has 1 aromatic rings. The highest BCUT2D eigenvalue weighted by molar-refractivity contribution is 5.75. The largest absolute Gasteiger partial charge is 0.341 e. The summed E-state index contributed by atoms with van der Waals surface area (Å²) in [5.41, 5.74) is 2.46. The van der Waals surface area contributed by atoms with Crippen molar-refractivity contribution in [3.63, 3.8) is 0 Å². The Balaban J connectivity index is 2.46. The van der Waals surface area contributed by atoms with Gasteiger partial charge in [0.1, 0.15) is 0 Å². The summed E-state index contributed by atoms with van der Waals surface area (Å²) in [5.74, 6) is 0.212. The summed E-state index contributed by atoms with van der Waals surface area (Å²) in [6, 6.07) is 8.19. The lowest BCUT2D eigenvalue weighted by Gasteiger charge is -2.18. The van der Waals surface area contributed by atoms with Crippen molar-refractivity contribution in [2.24, 2.45) is 0 Å². The van der Waals surface area contributed by atoms with Crippen LogP contribution in [0.2, 0.25) is 0 Å².